The maximum absolute atomic E-state index is 6.27. The first-order valence-electron chi connectivity index (χ1n) is 11.3. The normalized spacial score (nSPS) is 11.4. The van der Waals surface area contributed by atoms with Crippen molar-refractivity contribution in [2.75, 3.05) is 5.43 Å². The summed E-state index contributed by atoms with van der Waals surface area (Å²) in [4.78, 5) is 10.5. The third-order valence-electron chi connectivity index (χ3n) is 5.59. The van der Waals surface area contributed by atoms with Gasteiger partial charge < -0.3 is 0 Å². The van der Waals surface area contributed by atoms with Crippen LogP contribution in [0.2, 0.25) is 5.02 Å². The lowest BCUT2D eigenvalue weighted by molar-refractivity contribution is 0.885. The topological polar surface area (TPSA) is 68.0 Å². The molecule has 0 aliphatic heterocycles. The van der Waals surface area contributed by atoms with E-state index in [9.17, 15) is 0 Å². The van der Waals surface area contributed by atoms with Crippen molar-refractivity contribution in [2.24, 2.45) is 5.10 Å². The Bertz CT molecular complexity index is 1660. The Morgan fingerprint density at radius 3 is 2.44 bits per heavy atom. The predicted octanol–water partition coefficient (Wildman–Crippen LogP) is 7.31. The van der Waals surface area contributed by atoms with E-state index in [4.69, 9.17) is 21.7 Å². The molecule has 174 valence electrons. The number of anilines is 1. The lowest BCUT2D eigenvalue weighted by Crippen LogP contribution is -2.00. The minimum Gasteiger partial charge on any atom is -0.245 e. The molecular formula is C28H19ClN6S. The van der Waals surface area contributed by atoms with Gasteiger partial charge in [-0.3, -0.25) is 0 Å². The summed E-state index contributed by atoms with van der Waals surface area (Å²) < 4.78 is 1.86. The van der Waals surface area contributed by atoms with Crippen LogP contribution in [0.15, 0.2) is 108 Å². The van der Waals surface area contributed by atoms with Crippen LogP contribution in [-0.2, 0) is 0 Å². The molecule has 3 aromatic heterocycles. The molecule has 0 fully saturated rings. The molecule has 6 rings (SSSR count). The molecule has 0 unspecified atom stereocenters. The van der Waals surface area contributed by atoms with E-state index in [0.717, 1.165) is 44.0 Å². The van der Waals surface area contributed by atoms with Crippen LogP contribution >= 0.6 is 22.9 Å². The summed E-state index contributed by atoms with van der Waals surface area (Å²) in [6, 6.07) is 29.6. The van der Waals surface area contributed by atoms with Crippen molar-refractivity contribution >= 4 is 46.0 Å². The molecule has 0 saturated carbocycles. The summed E-state index contributed by atoms with van der Waals surface area (Å²) in [5.41, 5.74) is 8.27. The molecule has 36 heavy (non-hydrogen) atoms. The number of nitrogens with one attached hydrogen (secondary N) is 1. The number of hydrogen-bond donors (Lipinski definition) is 1. The monoisotopic (exact) mass is 506 g/mol. The minimum atomic E-state index is 0.396. The van der Waals surface area contributed by atoms with Crippen LogP contribution in [0.4, 0.5) is 5.95 Å². The SMILES string of the molecule is Clc1ccc2nc(N/N=C/c3cn(-c4ccccc4)nc3-c3cccs3)nc(-c3ccccc3)c2c1. The fraction of sp³-hybridized carbons (Fsp3) is 0. The summed E-state index contributed by atoms with van der Waals surface area (Å²) in [6.07, 6.45) is 3.72. The summed E-state index contributed by atoms with van der Waals surface area (Å²) in [5, 5.41) is 12.8. The Kier molecular flexibility index (Phi) is 5.99. The van der Waals surface area contributed by atoms with Gasteiger partial charge in [0.2, 0.25) is 5.95 Å². The third-order valence-corrected chi connectivity index (χ3v) is 6.70. The molecule has 0 aliphatic rings. The molecule has 0 radical (unpaired) electrons. The van der Waals surface area contributed by atoms with Crippen LogP contribution in [0.3, 0.4) is 0 Å². The molecule has 0 amide bonds. The highest BCUT2D eigenvalue weighted by Gasteiger charge is 2.13. The predicted molar refractivity (Wildman–Crippen MR) is 148 cm³/mol. The number of rotatable bonds is 6. The number of thiophene rings is 1. The number of hydrogen-bond acceptors (Lipinski definition) is 6. The van der Waals surface area contributed by atoms with Crippen molar-refractivity contribution in [3.8, 4) is 27.5 Å². The molecule has 0 aliphatic carbocycles. The van der Waals surface area contributed by atoms with E-state index in [0.29, 0.717) is 11.0 Å². The maximum Gasteiger partial charge on any atom is 0.244 e. The minimum absolute atomic E-state index is 0.396. The molecule has 3 aromatic carbocycles. The molecular weight excluding hydrogens is 488 g/mol. The Labute approximate surface area is 216 Å². The maximum atomic E-state index is 6.27. The zero-order valence-corrected chi connectivity index (χ0v) is 20.5. The largest absolute Gasteiger partial charge is 0.245 e. The van der Waals surface area contributed by atoms with Crippen molar-refractivity contribution in [2.45, 2.75) is 0 Å². The van der Waals surface area contributed by atoms with E-state index in [2.05, 4.69) is 21.6 Å². The Morgan fingerprint density at radius 2 is 1.67 bits per heavy atom. The molecule has 0 bridgehead atoms. The van der Waals surface area contributed by atoms with E-state index < -0.39 is 0 Å². The number of benzene rings is 3. The number of hydrazone groups is 1. The quantitative estimate of drug-likeness (QED) is 0.190. The molecule has 0 spiro atoms. The number of aromatic nitrogens is 4. The van der Waals surface area contributed by atoms with E-state index in [1.807, 2.05) is 101 Å². The van der Waals surface area contributed by atoms with Gasteiger partial charge in [0.25, 0.3) is 0 Å². The van der Waals surface area contributed by atoms with Crippen LogP contribution in [0.25, 0.3) is 38.4 Å². The second-order valence-electron chi connectivity index (χ2n) is 7.98. The average molecular weight is 507 g/mol. The first-order chi connectivity index (χ1) is 17.7. The van der Waals surface area contributed by atoms with Gasteiger partial charge in [-0.1, -0.05) is 66.2 Å². The van der Waals surface area contributed by atoms with Gasteiger partial charge in [-0.05, 0) is 41.8 Å². The fourth-order valence-electron chi connectivity index (χ4n) is 3.93. The van der Waals surface area contributed by atoms with E-state index in [-0.39, 0.29) is 0 Å². The molecule has 3 heterocycles. The smallest absolute Gasteiger partial charge is 0.244 e. The Hall–Kier alpha value is -4.33. The van der Waals surface area contributed by atoms with Crippen molar-refractivity contribution < 1.29 is 0 Å². The van der Waals surface area contributed by atoms with Crippen LogP contribution < -0.4 is 5.43 Å². The second kappa shape index (κ2) is 9.73. The van der Waals surface area contributed by atoms with Crippen molar-refractivity contribution in [1.29, 1.82) is 0 Å². The van der Waals surface area contributed by atoms with E-state index in [1.54, 1.807) is 17.6 Å². The highest BCUT2D eigenvalue weighted by atomic mass is 35.5. The standard InChI is InChI=1S/C28H19ClN6S/c29-21-13-14-24-23(16-21)26(19-8-3-1-4-9-19)32-28(31-24)33-30-17-20-18-35(22-10-5-2-6-11-22)34-27(20)25-12-7-15-36-25/h1-18H,(H,31,32,33)/b30-17+. The van der Waals surface area contributed by atoms with Gasteiger partial charge in [0.15, 0.2) is 0 Å². The lowest BCUT2D eigenvalue weighted by Gasteiger charge is -2.09. The highest BCUT2D eigenvalue weighted by Crippen LogP contribution is 2.30. The van der Waals surface area contributed by atoms with Crippen molar-refractivity contribution in [3.05, 3.63) is 113 Å². The number of para-hydroxylation sites is 1. The fourth-order valence-corrected chi connectivity index (χ4v) is 4.83. The summed E-state index contributed by atoms with van der Waals surface area (Å²) in [6.45, 7) is 0. The summed E-state index contributed by atoms with van der Waals surface area (Å²) >= 11 is 7.91. The second-order valence-corrected chi connectivity index (χ2v) is 9.37. The third kappa shape index (κ3) is 4.49. The van der Waals surface area contributed by atoms with Gasteiger partial charge in [0.1, 0.15) is 5.69 Å². The van der Waals surface area contributed by atoms with Gasteiger partial charge in [-0.2, -0.15) is 10.2 Å². The van der Waals surface area contributed by atoms with Crippen LogP contribution in [0.5, 0.6) is 0 Å². The number of halogens is 1. The van der Waals surface area contributed by atoms with Gasteiger partial charge >= 0.3 is 0 Å². The van der Waals surface area contributed by atoms with Crippen molar-refractivity contribution in [1.82, 2.24) is 19.7 Å². The van der Waals surface area contributed by atoms with Crippen molar-refractivity contribution in [3.63, 3.8) is 0 Å². The molecule has 6 aromatic rings. The molecule has 0 atom stereocenters. The van der Waals surface area contributed by atoms with Gasteiger partial charge in [0, 0.05) is 27.7 Å². The zero-order chi connectivity index (χ0) is 24.3. The Morgan fingerprint density at radius 1 is 0.861 bits per heavy atom. The number of fused-ring (bicyclic) bond motifs is 1. The van der Waals surface area contributed by atoms with E-state index >= 15 is 0 Å². The summed E-state index contributed by atoms with van der Waals surface area (Å²) in [7, 11) is 0. The summed E-state index contributed by atoms with van der Waals surface area (Å²) in [5.74, 6) is 0.396. The number of nitrogens with zero attached hydrogens (tertiary/aromatic N) is 5. The molecule has 8 heteroatoms. The van der Waals surface area contributed by atoms with Gasteiger partial charge in [0.05, 0.1) is 28.0 Å². The molecule has 6 nitrogen and oxygen atoms in total. The van der Waals surface area contributed by atoms with Gasteiger partial charge in [-0.15, -0.1) is 11.3 Å². The van der Waals surface area contributed by atoms with Crippen LogP contribution in [0.1, 0.15) is 5.56 Å². The van der Waals surface area contributed by atoms with Gasteiger partial charge in [-0.25, -0.2) is 20.1 Å². The molecule has 1 N–H and O–H groups in total. The highest BCUT2D eigenvalue weighted by molar-refractivity contribution is 7.13. The van der Waals surface area contributed by atoms with Crippen LogP contribution in [-0.4, -0.2) is 26.0 Å². The lowest BCUT2D eigenvalue weighted by atomic mass is 10.1. The van der Waals surface area contributed by atoms with E-state index in [1.165, 1.54) is 0 Å². The van der Waals surface area contributed by atoms with Crippen LogP contribution in [0, 0.1) is 0 Å². The zero-order valence-electron chi connectivity index (χ0n) is 18.9. The Balaban J connectivity index is 1.36. The average Bonchev–Trinajstić information content (AvgIpc) is 3.60. The first-order valence-corrected chi connectivity index (χ1v) is 12.5. The molecule has 0 saturated heterocycles. The first kappa shape index (κ1) is 22.2.